The van der Waals surface area contributed by atoms with E-state index in [0.717, 1.165) is 32.6 Å². The number of aryl methyl sites for hydroxylation is 1. The van der Waals surface area contributed by atoms with Gasteiger partial charge >= 0.3 is 0 Å². The van der Waals surface area contributed by atoms with Crippen LogP contribution in [0.15, 0.2) is 53.7 Å². The first kappa shape index (κ1) is 30.9. The van der Waals surface area contributed by atoms with Gasteiger partial charge in [-0.1, -0.05) is 32.1 Å². The Bertz CT molecular complexity index is 1070. The zero-order valence-corrected chi connectivity index (χ0v) is 24.1. The smallest absolute Gasteiger partial charge is 0.211 e. The van der Waals surface area contributed by atoms with Gasteiger partial charge < -0.3 is 29.1 Å². The molecule has 1 atom stereocenters. The van der Waals surface area contributed by atoms with Crippen LogP contribution in [0.5, 0.6) is 5.75 Å². The third-order valence-corrected chi connectivity index (χ3v) is 7.08. The number of aromatic hydroxyl groups is 1. The zero-order valence-electron chi connectivity index (χ0n) is 23.3. The van der Waals surface area contributed by atoms with Crippen molar-refractivity contribution in [2.75, 3.05) is 39.8 Å². The van der Waals surface area contributed by atoms with Crippen LogP contribution in [0.25, 0.3) is 10.1 Å². The number of hydrogen-bond acceptors (Lipinski definition) is 7. The molecule has 36 heavy (non-hydrogen) atoms. The Morgan fingerprint density at radius 2 is 1.75 bits per heavy atom. The molecule has 8 heteroatoms. The number of fused-ring (bicyclic) bond motifs is 1. The summed E-state index contributed by atoms with van der Waals surface area (Å²) in [6, 6.07) is 5.61. The fourth-order valence-corrected chi connectivity index (χ4v) is 5.10. The van der Waals surface area contributed by atoms with Crippen LogP contribution < -0.4 is 4.90 Å². The van der Waals surface area contributed by atoms with Gasteiger partial charge in [-0.2, -0.15) is 0 Å². The fourth-order valence-electron chi connectivity index (χ4n) is 3.90. The normalized spacial score (nSPS) is 13.1. The van der Waals surface area contributed by atoms with Gasteiger partial charge in [0.25, 0.3) is 0 Å². The number of amides is 1. The minimum absolute atomic E-state index is 0.140. The zero-order chi connectivity index (χ0) is 27.4. The molecule has 1 unspecified atom stereocenters. The predicted octanol–water partition coefficient (Wildman–Crippen LogP) is 6.43. The lowest BCUT2D eigenvalue weighted by Crippen LogP contribution is -2.48. The molecule has 200 valence electrons. The van der Waals surface area contributed by atoms with E-state index in [9.17, 15) is 9.90 Å². The lowest BCUT2D eigenvalue weighted by atomic mass is 10.1. The molecule has 2 aromatic rings. The number of nitrogens with zero attached hydrogens (tertiary/aromatic N) is 2. The molecule has 1 aromatic heterocycles. The first-order valence-corrected chi connectivity index (χ1v) is 12.7. The second-order valence-corrected chi connectivity index (χ2v) is 9.68. The van der Waals surface area contributed by atoms with Crippen LogP contribution in [0.1, 0.15) is 40.2 Å². The maximum Gasteiger partial charge on any atom is 0.211 e. The fraction of sp³-hybridized carbons (Fsp3) is 0.464. The standard InChI is InChI=1S/C20H28N2O2S.C8H14O3/c1-7-14(4)19(22(12-23)11-13(2)3)21(6)20-15(5)16-9-8-10-17(24)18(16)25-20;1-5-7(10-3)8(11-4)6-9-2/h7-10,12-13,19,24H,11H2,1-6H3;5-6H,1-4H3/b14-7+;7-5+,8-6-. The van der Waals surface area contributed by atoms with Gasteiger partial charge in [0.1, 0.15) is 18.2 Å². The Morgan fingerprint density at radius 1 is 1.11 bits per heavy atom. The molecule has 2 rings (SSSR count). The Kier molecular flexibility index (Phi) is 12.9. The molecular formula is C28H42N2O5S. The van der Waals surface area contributed by atoms with Gasteiger partial charge in [-0.25, -0.2) is 0 Å². The van der Waals surface area contributed by atoms with Crippen LogP contribution in [0.3, 0.4) is 0 Å². The molecule has 7 nitrogen and oxygen atoms in total. The highest BCUT2D eigenvalue weighted by Crippen LogP contribution is 2.42. The quantitative estimate of drug-likeness (QED) is 0.122. The van der Waals surface area contributed by atoms with Crippen molar-refractivity contribution in [1.29, 1.82) is 0 Å². The average molecular weight is 519 g/mol. The summed E-state index contributed by atoms with van der Waals surface area (Å²) in [5.41, 5.74) is 2.25. The van der Waals surface area contributed by atoms with Crippen molar-refractivity contribution in [3.8, 4) is 5.75 Å². The monoisotopic (exact) mass is 518 g/mol. The largest absolute Gasteiger partial charge is 0.506 e. The molecule has 1 heterocycles. The highest BCUT2D eigenvalue weighted by atomic mass is 32.1. The van der Waals surface area contributed by atoms with Gasteiger partial charge in [0.15, 0.2) is 11.5 Å². The van der Waals surface area contributed by atoms with E-state index in [4.69, 9.17) is 14.2 Å². The third-order valence-electron chi connectivity index (χ3n) is 5.66. The highest BCUT2D eigenvalue weighted by molar-refractivity contribution is 7.23. The van der Waals surface area contributed by atoms with Crippen LogP contribution in [0.4, 0.5) is 5.00 Å². The minimum atomic E-state index is -0.140. The number of ether oxygens (including phenoxy) is 3. The van der Waals surface area contributed by atoms with Gasteiger partial charge in [0.05, 0.1) is 31.0 Å². The lowest BCUT2D eigenvalue weighted by Gasteiger charge is -2.38. The van der Waals surface area contributed by atoms with Crippen LogP contribution >= 0.6 is 11.3 Å². The van der Waals surface area contributed by atoms with Crippen molar-refractivity contribution >= 4 is 32.8 Å². The second-order valence-electron chi connectivity index (χ2n) is 8.68. The summed E-state index contributed by atoms with van der Waals surface area (Å²) in [6.07, 6.45) is 6.14. The summed E-state index contributed by atoms with van der Waals surface area (Å²) in [6.45, 7) is 12.9. The number of likely N-dealkylation sites (N-methyl/N-ethyl adjacent to an activating group) is 1. The van der Waals surface area contributed by atoms with Crippen LogP contribution in [0, 0.1) is 12.8 Å². The molecule has 0 bridgehead atoms. The van der Waals surface area contributed by atoms with Crippen molar-refractivity contribution < 1.29 is 24.1 Å². The molecule has 0 saturated carbocycles. The van der Waals surface area contributed by atoms with Gasteiger partial charge in [-0.05, 0) is 56.9 Å². The summed E-state index contributed by atoms with van der Waals surface area (Å²) in [4.78, 5) is 15.8. The SMILES string of the molecule is C/C=C(OC)\C(=C\OC)OC.C/C=C(\C)C(N(C=O)CC(C)C)N(C)c1sc2c(O)cccc2c1C. The van der Waals surface area contributed by atoms with Crippen molar-refractivity contribution in [2.24, 2.45) is 5.92 Å². The number of carbonyl (C=O) groups excluding carboxylic acids is 1. The Balaban J connectivity index is 0.000000497. The topological polar surface area (TPSA) is 71.5 Å². The van der Waals surface area contributed by atoms with E-state index in [1.165, 1.54) is 6.26 Å². The van der Waals surface area contributed by atoms with E-state index in [2.05, 4.69) is 38.7 Å². The van der Waals surface area contributed by atoms with E-state index in [-0.39, 0.29) is 6.17 Å². The Morgan fingerprint density at radius 3 is 2.19 bits per heavy atom. The summed E-state index contributed by atoms with van der Waals surface area (Å²) < 4.78 is 15.6. The van der Waals surface area contributed by atoms with E-state index in [0.29, 0.717) is 29.7 Å². The van der Waals surface area contributed by atoms with Crippen molar-refractivity contribution in [3.05, 3.63) is 59.3 Å². The molecule has 0 aliphatic heterocycles. The number of rotatable bonds is 11. The molecule has 1 amide bonds. The van der Waals surface area contributed by atoms with Crippen LogP contribution in [-0.4, -0.2) is 57.5 Å². The predicted molar refractivity (Wildman–Crippen MR) is 150 cm³/mol. The van der Waals surface area contributed by atoms with Crippen molar-refractivity contribution in [2.45, 2.75) is 47.7 Å². The van der Waals surface area contributed by atoms with Gasteiger partial charge in [0.2, 0.25) is 6.41 Å². The summed E-state index contributed by atoms with van der Waals surface area (Å²) in [7, 11) is 6.72. The number of phenols is 1. The first-order chi connectivity index (χ1) is 17.1. The number of hydrogen-bond donors (Lipinski definition) is 1. The number of allylic oxidation sites excluding steroid dienone is 2. The number of benzene rings is 1. The highest BCUT2D eigenvalue weighted by Gasteiger charge is 2.27. The molecule has 0 aliphatic rings. The van der Waals surface area contributed by atoms with Gasteiger partial charge in [0, 0.05) is 19.0 Å². The van der Waals surface area contributed by atoms with E-state index in [1.54, 1.807) is 44.8 Å². The number of methoxy groups -OCH3 is 3. The lowest BCUT2D eigenvalue weighted by molar-refractivity contribution is -0.120. The number of phenolic OH excluding ortho intramolecular Hbond substituents is 1. The van der Waals surface area contributed by atoms with E-state index >= 15 is 0 Å². The number of carbonyl (C=O) groups is 1. The number of anilines is 1. The molecule has 0 radical (unpaired) electrons. The van der Waals surface area contributed by atoms with Crippen molar-refractivity contribution in [3.63, 3.8) is 0 Å². The number of thiophene rings is 1. The molecule has 0 saturated heterocycles. The third kappa shape index (κ3) is 7.68. The molecular weight excluding hydrogens is 476 g/mol. The maximum atomic E-state index is 11.8. The second kappa shape index (κ2) is 15.1. The summed E-state index contributed by atoms with van der Waals surface area (Å²) >= 11 is 1.57. The molecule has 1 N–H and O–H groups in total. The summed E-state index contributed by atoms with van der Waals surface area (Å²) in [5.74, 6) is 1.93. The van der Waals surface area contributed by atoms with Crippen molar-refractivity contribution in [1.82, 2.24) is 4.90 Å². The average Bonchev–Trinajstić information content (AvgIpc) is 3.21. The Labute approximate surface area is 220 Å². The molecule has 0 fully saturated rings. The minimum Gasteiger partial charge on any atom is -0.506 e. The first-order valence-electron chi connectivity index (χ1n) is 11.9. The Hall–Kier alpha value is -3.13. The van der Waals surface area contributed by atoms with E-state index in [1.807, 2.05) is 37.9 Å². The summed E-state index contributed by atoms with van der Waals surface area (Å²) in [5, 5.41) is 12.3. The maximum absolute atomic E-state index is 11.8. The van der Waals surface area contributed by atoms with Crippen LogP contribution in [-0.2, 0) is 19.0 Å². The molecule has 1 aromatic carbocycles. The van der Waals surface area contributed by atoms with Gasteiger partial charge in [-0.3, -0.25) is 4.79 Å². The van der Waals surface area contributed by atoms with Crippen LogP contribution in [0.2, 0.25) is 0 Å². The van der Waals surface area contributed by atoms with E-state index < -0.39 is 0 Å². The van der Waals surface area contributed by atoms with Gasteiger partial charge in [-0.15, -0.1) is 11.3 Å². The molecule has 0 aliphatic carbocycles. The molecule has 0 spiro atoms.